The molecule has 1 aliphatic rings. The van der Waals surface area contributed by atoms with Crippen LogP contribution >= 0.6 is 0 Å². The van der Waals surface area contributed by atoms with Gasteiger partial charge in [-0.15, -0.1) is 0 Å². The van der Waals surface area contributed by atoms with E-state index >= 15 is 0 Å². The highest BCUT2D eigenvalue weighted by Crippen LogP contribution is 2.22. The van der Waals surface area contributed by atoms with E-state index in [1.807, 2.05) is 20.8 Å². The number of likely N-dealkylation sites (tertiary alicyclic amines) is 1. The largest absolute Gasteiger partial charge is 0.444 e. The Kier molecular flexibility index (Phi) is 6.03. The van der Waals surface area contributed by atoms with E-state index in [1.165, 1.54) is 0 Å². The molecule has 1 saturated heterocycles. The maximum absolute atomic E-state index is 12.1. The van der Waals surface area contributed by atoms with Crippen LogP contribution in [0.5, 0.6) is 0 Å². The summed E-state index contributed by atoms with van der Waals surface area (Å²) in [5.41, 5.74) is -0.544. The first-order valence-electron chi connectivity index (χ1n) is 6.60. The van der Waals surface area contributed by atoms with Gasteiger partial charge in [0.05, 0.1) is 18.8 Å². The topological polar surface area (TPSA) is 68.2 Å². The van der Waals surface area contributed by atoms with Gasteiger partial charge in [-0.3, -0.25) is 0 Å². The standard InChI is InChI=1S/C13H25NO5/c1-13(2,3)19-12(16)14-7-5-6-11(10(14)8-15)18-9-17-4/h10-11,15H,5-9H2,1-4H3. The van der Waals surface area contributed by atoms with Crippen LogP contribution in [0.15, 0.2) is 0 Å². The van der Waals surface area contributed by atoms with E-state index in [1.54, 1.807) is 12.0 Å². The van der Waals surface area contributed by atoms with E-state index in [2.05, 4.69) is 0 Å². The number of ether oxygens (including phenoxy) is 3. The van der Waals surface area contributed by atoms with Crippen LogP contribution < -0.4 is 0 Å². The van der Waals surface area contributed by atoms with E-state index in [4.69, 9.17) is 14.2 Å². The van der Waals surface area contributed by atoms with E-state index in [0.29, 0.717) is 6.54 Å². The van der Waals surface area contributed by atoms with Crippen molar-refractivity contribution in [2.75, 3.05) is 27.1 Å². The Bertz CT molecular complexity index is 289. The zero-order valence-corrected chi connectivity index (χ0v) is 12.2. The van der Waals surface area contributed by atoms with Gasteiger partial charge in [-0.05, 0) is 33.6 Å². The van der Waals surface area contributed by atoms with Crippen molar-refractivity contribution in [3.63, 3.8) is 0 Å². The van der Waals surface area contributed by atoms with Gasteiger partial charge in [0.15, 0.2) is 0 Å². The lowest BCUT2D eigenvalue weighted by atomic mass is 10.00. The van der Waals surface area contributed by atoms with E-state index in [0.717, 1.165) is 12.8 Å². The molecule has 6 nitrogen and oxygen atoms in total. The summed E-state index contributed by atoms with van der Waals surface area (Å²) in [7, 11) is 1.54. The first-order valence-corrected chi connectivity index (χ1v) is 6.60. The predicted molar refractivity (Wildman–Crippen MR) is 69.8 cm³/mol. The molecule has 1 fully saturated rings. The minimum absolute atomic E-state index is 0.145. The fourth-order valence-electron chi connectivity index (χ4n) is 2.13. The SMILES string of the molecule is COCOC1CCCN(C(=O)OC(C)(C)C)C1CO. The van der Waals surface area contributed by atoms with Crippen molar-refractivity contribution in [2.24, 2.45) is 0 Å². The molecule has 2 unspecified atom stereocenters. The highest BCUT2D eigenvalue weighted by Gasteiger charge is 2.36. The van der Waals surface area contributed by atoms with E-state index in [-0.39, 0.29) is 25.5 Å². The summed E-state index contributed by atoms with van der Waals surface area (Å²) in [6, 6.07) is -0.376. The van der Waals surface area contributed by atoms with Crippen LogP contribution in [0.3, 0.4) is 0 Å². The smallest absolute Gasteiger partial charge is 0.410 e. The molecule has 1 N–H and O–H groups in total. The second kappa shape index (κ2) is 7.07. The van der Waals surface area contributed by atoms with Gasteiger partial charge in [-0.25, -0.2) is 4.79 Å². The number of rotatable bonds is 4. The third kappa shape index (κ3) is 4.97. The zero-order chi connectivity index (χ0) is 14.5. The van der Waals surface area contributed by atoms with Crippen molar-refractivity contribution >= 4 is 6.09 Å². The summed E-state index contributed by atoms with van der Waals surface area (Å²) in [5, 5.41) is 9.51. The lowest BCUT2D eigenvalue weighted by Gasteiger charge is -2.40. The van der Waals surface area contributed by atoms with Gasteiger partial charge in [0.1, 0.15) is 12.4 Å². The fourth-order valence-corrected chi connectivity index (χ4v) is 2.13. The molecule has 0 aliphatic carbocycles. The van der Waals surface area contributed by atoms with Gasteiger partial charge in [0, 0.05) is 13.7 Å². The van der Waals surface area contributed by atoms with Crippen LogP contribution in [-0.4, -0.2) is 60.9 Å². The van der Waals surface area contributed by atoms with Crippen molar-refractivity contribution in [1.29, 1.82) is 0 Å². The lowest BCUT2D eigenvalue weighted by Crippen LogP contribution is -2.54. The Morgan fingerprint density at radius 3 is 2.63 bits per heavy atom. The lowest BCUT2D eigenvalue weighted by molar-refractivity contribution is -0.121. The van der Waals surface area contributed by atoms with Crippen LogP contribution in [0.4, 0.5) is 4.79 Å². The molecule has 19 heavy (non-hydrogen) atoms. The molecule has 0 aromatic carbocycles. The molecule has 0 aromatic rings. The Labute approximate surface area is 114 Å². The number of carbonyl (C=O) groups is 1. The van der Waals surface area contributed by atoms with Crippen LogP contribution in [0.2, 0.25) is 0 Å². The molecule has 1 aliphatic heterocycles. The minimum atomic E-state index is -0.544. The molecule has 6 heteroatoms. The predicted octanol–water partition coefficient (Wildman–Crippen LogP) is 1.37. The maximum Gasteiger partial charge on any atom is 0.410 e. The highest BCUT2D eigenvalue weighted by atomic mass is 16.7. The second-order valence-corrected chi connectivity index (χ2v) is 5.68. The summed E-state index contributed by atoms with van der Waals surface area (Å²) in [6.07, 6.45) is 1.00. The van der Waals surface area contributed by atoms with Crippen LogP contribution in [0, 0.1) is 0 Å². The average molecular weight is 275 g/mol. The van der Waals surface area contributed by atoms with Crippen molar-refractivity contribution in [1.82, 2.24) is 4.90 Å². The monoisotopic (exact) mass is 275 g/mol. The van der Waals surface area contributed by atoms with Crippen LogP contribution in [-0.2, 0) is 14.2 Å². The summed E-state index contributed by atoms with van der Waals surface area (Å²) >= 11 is 0. The Morgan fingerprint density at radius 2 is 2.11 bits per heavy atom. The number of carbonyl (C=O) groups excluding carboxylic acids is 1. The fraction of sp³-hybridized carbons (Fsp3) is 0.923. The quantitative estimate of drug-likeness (QED) is 0.785. The number of aliphatic hydroxyl groups is 1. The normalized spacial score (nSPS) is 24.4. The van der Waals surface area contributed by atoms with Crippen molar-refractivity contribution < 1.29 is 24.1 Å². The van der Waals surface area contributed by atoms with Gasteiger partial charge in [-0.2, -0.15) is 0 Å². The maximum atomic E-state index is 12.1. The Hall–Kier alpha value is -0.850. The van der Waals surface area contributed by atoms with Crippen molar-refractivity contribution in [3.8, 4) is 0 Å². The van der Waals surface area contributed by atoms with E-state index in [9.17, 15) is 9.90 Å². The third-order valence-corrected chi connectivity index (χ3v) is 2.93. The first kappa shape index (κ1) is 16.2. The number of aliphatic hydroxyl groups excluding tert-OH is 1. The average Bonchev–Trinajstić information content (AvgIpc) is 2.33. The van der Waals surface area contributed by atoms with Gasteiger partial charge in [0.25, 0.3) is 0 Å². The Balaban J connectivity index is 2.67. The number of hydrogen-bond donors (Lipinski definition) is 1. The van der Waals surface area contributed by atoms with Gasteiger partial charge in [0.2, 0.25) is 0 Å². The summed E-state index contributed by atoms with van der Waals surface area (Å²) < 4.78 is 15.7. The molecule has 0 radical (unpaired) electrons. The molecule has 1 amide bonds. The van der Waals surface area contributed by atoms with Crippen LogP contribution in [0.25, 0.3) is 0 Å². The molecule has 0 spiro atoms. The second-order valence-electron chi connectivity index (χ2n) is 5.68. The number of amides is 1. The molecular weight excluding hydrogens is 250 g/mol. The highest BCUT2D eigenvalue weighted by molar-refractivity contribution is 5.68. The molecule has 112 valence electrons. The van der Waals surface area contributed by atoms with Crippen LogP contribution in [0.1, 0.15) is 33.6 Å². The number of piperidine rings is 1. The zero-order valence-electron chi connectivity index (χ0n) is 12.2. The van der Waals surface area contributed by atoms with Gasteiger partial charge in [-0.1, -0.05) is 0 Å². The number of methoxy groups -OCH3 is 1. The summed E-state index contributed by atoms with van der Waals surface area (Å²) in [6.45, 7) is 6.05. The molecule has 0 saturated carbocycles. The molecule has 1 rings (SSSR count). The molecule has 2 atom stereocenters. The Morgan fingerprint density at radius 1 is 1.42 bits per heavy atom. The number of hydrogen-bond acceptors (Lipinski definition) is 5. The minimum Gasteiger partial charge on any atom is -0.444 e. The van der Waals surface area contributed by atoms with Gasteiger partial charge >= 0.3 is 6.09 Å². The third-order valence-electron chi connectivity index (χ3n) is 2.93. The van der Waals surface area contributed by atoms with Gasteiger partial charge < -0.3 is 24.2 Å². The molecular formula is C13H25NO5. The van der Waals surface area contributed by atoms with Crippen molar-refractivity contribution in [3.05, 3.63) is 0 Å². The molecule has 1 heterocycles. The van der Waals surface area contributed by atoms with E-state index < -0.39 is 11.7 Å². The first-order chi connectivity index (χ1) is 8.89. The number of nitrogens with zero attached hydrogens (tertiary/aromatic N) is 1. The summed E-state index contributed by atoms with van der Waals surface area (Å²) in [4.78, 5) is 13.7. The summed E-state index contributed by atoms with van der Waals surface area (Å²) in [5.74, 6) is 0. The molecule has 0 bridgehead atoms. The molecule has 0 aromatic heterocycles. The van der Waals surface area contributed by atoms with Crippen molar-refractivity contribution in [2.45, 2.75) is 51.4 Å².